The summed E-state index contributed by atoms with van der Waals surface area (Å²) in [6.45, 7) is 2.36. The number of hydrogen-bond donors (Lipinski definition) is 1. The average Bonchev–Trinajstić information content (AvgIpc) is 2.86. The molecule has 1 aliphatic heterocycles. The zero-order valence-electron chi connectivity index (χ0n) is 15.9. The molecule has 27 heavy (non-hydrogen) atoms. The molecule has 1 heterocycles. The van der Waals surface area contributed by atoms with E-state index < -0.39 is 6.04 Å². The van der Waals surface area contributed by atoms with Crippen molar-refractivity contribution >= 4 is 17.5 Å². The molecule has 2 aromatic carbocycles. The first-order chi connectivity index (χ1) is 13.1. The highest BCUT2D eigenvalue weighted by Crippen LogP contribution is 2.29. The normalized spacial score (nSPS) is 14.9. The largest absolute Gasteiger partial charge is 0.497 e. The SMILES string of the molecule is CC[C@@H](C(=O)NCc1ccc(OC)cc1)N1C(=O)CCCc2ccccc21. The van der Waals surface area contributed by atoms with E-state index >= 15 is 0 Å². The summed E-state index contributed by atoms with van der Waals surface area (Å²) in [6.07, 6.45) is 2.71. The fourth-order valence-electron chi connectivity index (χ4n) is 3.52. The molecule has 3 rings (SSSR count). The first kappa shape index (κ1) is 19.0. The molecular formula is C22H26N2O3. The third-order valence-electron chi connectivity index (χ3n) is 4.98. The fourth-order valence-corrected chi connectivity index (χ4v) is 3.52. The highest BCUT2D eigenvalue weighted by molar-refractivity contribution is 6.01. The monoisotopic (exact) mass is 366 g/mol. The summed E-state index contributed by atoms with van der Waals surface area (Å²) in [5.74, 6) is 0.674. The fraction of sp³-hybridized carbons (Fsp3) is 0.364. The van der Waals surface area contributed by atoms with Gasteiger partial charge in [-0.3, -0.25) is 14.5 Å². The van der Waals surface area contributed by atoms with Crippen LogP contribution in [0.2, 0.25) is 0 Å². The second kappa shape index (κ2) is 8.71. The lowest BCUT2D eigenvalue weighted by atomic mass is 10.1. The first-order valence-corrected chi connectivity index (χ1v) is 9.44. The average molecular weight is 366 g/mol. The number of aryl methyl sites for hydroxylation is 1. The Balaban J connectivity index is 1.76. The van der Waals surface area contributed by atoms with E-state index in [0.29, 0.717) is 19.4 Å². The Morgan fingerprint density at radius 2 is 1.89 bits per heavy atom. The van der Waals surface area contributed by atoms with Crippen molar-refractivity contribution in [2.45, 2.75) is 45.2 Å². The molecule has 2 aromatic rings. The van der Waals surface area contributed by atoms with Gasteiger partial charge in [0.15, 0.2) is 0 Å². The van der Waals surface area contributed by atoms with Crippen molar-refractivity contribution in [1.82, 2.24) is 5.32 Å². The van der Waals surface area contributed by atoms with E-state index in [4.69, 9.17) is 4.74 Å². The Morgan fingerprint density at radius 3 is 2.59 bits per heavy atom. The Hall–Kier alpha value is -2.82. The van der Waals surface area contributed by atoms with Crippen LogP contribution >= 0.6 is 0 Å². The van der Waals surface area contributed by atoms with Gasteiger partial charge in [0.2, 0.25) is 11.8 Å². The minimum atomic E-state index is -0.505. The Morgan fingerprint density at radius 1 is 1.15 bits per heavy atom. The van der Waals surface area contributed by atoms with E-state index in [1.54, 1.807) is 12.0 Å². The van der Waals surface area contributed by atoms with Crippen LogP contribution in [0, 0.1) is 0 Å². The Labute approximate surface area is 160 Å². The molecule has 2 amide bonds. The van der Waals surface area contributed by atoms with Gasteiger partial charge in [-0.2, -0.15) is 0 Å². The molecule has 0 aliphatic carbocycles. The van der Waals surface area contributed by atoms with Gasteiger partial charge >= 0.3 is 0 Å². The number of hydrogen-bond acceptors (Lipinski definition) is 3. The van der Waals surface area contributed by atoms with Crippen LogP contribution in [0.4, 0.5) is 5.69 Å². The van der Waals surface area contributed by atoms with E-state index in [9.17, 15) is 9.59 Å². The summed E-state index contributed by atoms with van der Waals surface area (Å²) in [5.41, 5.74) is 2.98. The quantitative estimate of drug-likeness (QED) is 0.852. The summed E-state index contributed by atoms with van der Waals surface area (Å²) in [7, 11) is 1.62. The number of carbonyl (C=O) groups excluding carboxylic acids is 2. The number of nitrogens with one attached hydrogen (secondary N) is 1. The number of carbonyl (C=O) groups is 2. The Bertz CT molecular complexity index is 801. The highest BCUT2D eigenvalue weighted by atomic mass is 16.5. The molecule has 0 bridgehead atoms. The number of fused-ring (bicyclic) bond motifs is 1. The molecule has 0 fully saturated rings. The zero-order valence-corrected chi connectivity index (χ0v) is 15.9. The maximum atomic E-state index is 12.9. The van der Waals surface area contributed by atoms with Crippen molar-refractivity contribution in [1.29, 1.82) is 0 Å². The van der Waals surface area contributed by atoms with Gasteiger partial charge in [-0.25, -0.2) is 0 Å². The van der Waals surface area contributed by atoms with Crippen LogP contribution in [-0.4, -0.2) is 25.0 Å². The first-order valence-electron chi connectivity index (χ1n) is 9.44. The number of methoxy groups -OCH3 is 1. The maximum Gasteiger partial charge on any atom is 0.243 e. The topological polar surface area (TPSA) is 58.6 Å². The predicted molar refractivity (Wildman–Crippen MR) is 106 cm³/mol. The molecule has 0 radical (unpaired) electrons. The van der Waals surface area contributed by atoms with Crippen LogP contribution in [0.25, 0.3) is 0 Å². The molecule has 5 heteroatoms. The molecule has 1 aliphatic rings. The summed E-state index contributed by atoms with van der Waals surface area (Å²) in [6, 6.07) is 15.0. The number of amides is 2. The van der Waals surface area contributed by atoms with Crippen molar-refractivity contribution in [3.63, 3.8) is 0 Å². The molecule has 1 N–H and O–H groups in total. The Kier molecular flexibility index (Phi) is 6.12. The molecule has 0 aromatic heterocycles. The lowest BCUT2D eigenvalue weighted by molar-refractivity contribution is -0.126. The number of nitrogens with zero attached hydrogens (tertiary/aromatic N) is 1. The van der Waals surface area contributed by atoms with Crippen LogP contribution in [0.3, 0.4) is 0 Å². The molecule has 0 saturated carbocycles. The number of anilines is 1. The number of ether oxygens (including phenoxy) is 1. The van der Waals surface area contributed by atoms with E-state index in [1.807, 2.05) is 55.5 Å². The van der Waals surface area contributed by atoms with E-state index in [0.717, 1.165) is 35.4 Å². The molecule has 5 nitrogen and oxygen atoms in total. The summed E-state index contributed by atoms with van der Waals surface area (Å²) < 4.78 is 5.16. The molecule has 0 saturated heterocycles. The third kappa shape index (κ3) is 4.30. The van der Waals surface area contributed by atoms with Crippen LogP contribution < -0.4 is 15.0 Å². The van der Waals surface area contributed by atoms with Crippen molar-refractivity contribution in [3.8, 4) is 5.75 Å². The van der Waals surface area contributed by atoms with Gasteiger partial charge in [-0.05, 0) is 48.6 Å². The molecule has 1 atom stereocenters. The van der Waals surface area contributed by atoms with Gasteiger partial charge in [0.25, 0.3) is 0 Å². The minimum Gasteiger partial charge on any atom is -0.497 e. The van der Waals surface area contributed by atoms with E-state index in [1.165, 1.54) is 0 Å². The second-order valence-corrected chi connectivity index (χ2v) is 6.74. The third-order valence-corrected chi connectivity index (χ3v) is 4.98. The lowest BCUT2D eigenvalue weighted by Gasteiger charge is -2.30. The van der Waals surface area contributed by atoms with Crippen molar-refractivity contribution in [2.75, 3.05) is 12.0 Å². The van der Waals surface area contributed by atoms with Gasteiger partial charge in [0.05, 0.1) is 7.11 Å². The van der Waals surface area contributed by atoms with Gasteiger partial charge in [0.1, 0.15) is 11.8 Å². The second-order valence-electron chi connectivity index (χ2n) is 6.74. The van der Waals surface area contributed by atoms with Gasteiger partial charge < -0.3 is 10.1 Å². The maximum absolute atomic E-state index is 12.9. The minimum absolute atomic E-state index is 0.0198. The van der Waals surface area contributed by atoms with Gasteiger partial charge in [-0.1, -0.05) is 37.3 Å². The lowest BCUT2D eigenvalue weighted by Crippen LogP contribution is -2.49. The molecular weight excluding hydrogens is 340 g/mol. The van der Waals surface area contributed by atoms with E-state index in [2.05, 4.69) is 5.32 Å². The number of para-hydroxylation sites is 1. The van der Waals surface area contributed by atoms with Crippen LogP contribution in [0.1, 0.15) is 37.3 Å². The summed E-state index contributed by atoms with van der Waals surface area (Å²) >= 11 is 0. The molecule has 0 unspecified atom stereocenters. The van der Waals surface area contributed by atoms with Crippen molar-refractivity contribution < 1.29 is 14.3 Å². The standard InChI is InChI=1S/C22H26N2O3/c1-3-19(22(26)23-15-16-11-13-18(27-2)14-12-16)24-20-9-5-4-7-17(20)8-6-10-21(24)25/h4-5,7,9,11-14,19H,3,6,8,10,15H2,1-2H3,(H,23,26)/t19-/m0/s1. The smallest absolute Gasteiger partial charge is 0.243 e. The zero-order chi connectivity index (χ0) is 19.2. The van der Waals surface area contributed by atoms with Crippen LogP contribution in [-0.2, 0) is 22.6 Å². The molecule has 142 valence electrons. The van der Waals surface area contributed by atoms with E-state index in [-0.39, 0.29) is 11.8 Å². The number of rotatable bonds is 6. The van der Waals surface area contributed by atoms with Gasteiger partial charge in [-0.15, -0.1) is 0 Å². The predicted octanol–water partition coefficient (Wildman–Crippen LogP) is 3.46. The van der Waals surface area contributed by atoms with Crippen LogP contribution in [0.15, 0.2) is 48.5 Å². The summed E-state index contributed by atoms with van der Waals surface area (Å²) in [5, 5.41) is 2.98. The summed E-state index contributed by atoms with van der Waals surface area (Å²) in [4.78, 5) is 27.4. The number of benzene rings is 2. The van der Waals surface area contributed by atoms with Crippen LogP contribution in [0.5, 0.6) is 5.75 Å². The molecule has 0 spiro atoms. The van der Waals surface area contributed by atoms with Gasteiger partial charge in [0, 0.05) is 18.7 Å². The van der Waals surface area contributed by atoms with Crippen molar-refractivity contribution in [3.05, 3.63) is 59.7 Å². The van der Waals surface area contributed by atoms with Crippen molar-refractivity contribution in [2.24, 2.45) is 0 Å². The highest BCUT2D eigenvalue weighted by Gasteiger charge is 2.32.